The predicted octanol–water partition coefficient (Wildman–Crippen LogP) is 3.76. The molecular formula is C22H26N4O2S2. The number of aryl methyl sites for hydroxylation is 2. The minimum Gasteiger partial charge on any atom is -0.283 e. The summed E-state index contributed by atoms with van der Waals surface area (Å²) in [5.41, 5.74) is 4.36. The van der Waals surface area contributed by atoms with E-state index in [0.29, 0.717) is 17.9 Å². The van der Waals surface area contributed by atoms with Crippen LogP contribution in [-0.4, -0.2) is 52.3 Å². The van der Waals surface area contributed by atoms with Gasteiger partial charge in [0.15, 0.2) is 15.7 Å². The van der Waals surface area contributed by atoms with Crippen LogP contribution in [0.4, 0.5) is 0 Å². The average molecular weight is 443 g/mol. The van der Waals surface area contributed by atoms with E-state index >= 15 is 0 Å². The molecule has 6 nitrogen and oxygen atoms in total. The number of sulfone groups is 1. The van der Waals surface area contributed by atoms with Crippen molar-refractivity contribution < 1.29 is 8.42 Å². The molecule has 3 aromatic rings. The van der Waals surface area contributed by atoms with Gasteiger partial charge in [0, 0.05) is 11.6 Å². The highest BCUT2D eigenvalue weighted by Gasteiger charge is 2.31. The molecule has 30 heavy (non-hydrogen) atoms. The molecule has 2 aromatic carbocycles. The zero-order valence-corrected chi connectivity index (χ0v) is 19.1. The molecule has 0 spiro atoms. The lowest BCUT2D eigenvalue weighted by molar-refractivity contribution is 0.196. The van der Waals surface area contributed by atoms with E-state index < -0.39 is 9.84 Å². The third kappa shape index (κ3) is 4.12. The highest BCUT2D eigenvalue weighted by molar-refractivity contribution is 7.91. The third-order valence-corrected chi connectivity index (χ3v) is 7.95. The van der Waals surface area contributed by atoms with E-state index in [2.05, 4.69) is 32.0 Å². The fourth-order valence-corrected chi connectivity index (χ4v) is 5.92. The van der Waals surface area contributed by atoms with Gasteiger partial charge in [0.05, 0.1) is 23.9 Å². The first-order valence-corrected chi connectivity index (χ1v) is 12.2. The van der Waals surface area contributed by atoms with Gasteiger partial charge in [0.1, 0.15) is 0 Å². The van der Waals surface area contributed by atoms with Gasteiger partial charge in [-0.3, -0.25) is 9.47 Å². The molecule has 1 saturated heterocycles. The molecule has 0 saturated carbocycles. The second kappa shape index (κ2) is 8.09. The van der Waals surface area contributed by atoms with Crippen LogP contribution in [0.15, 0.2) is 48.5 Å². The molecule has 0 aliphatic carbocycles. The summed E-state index contributed by atoms with van der Waals surface area (Å²) in [6.07, 6.45) is 0.648. The normalized spacial score (nSPS) is 18.2. The zero-order chi connectivity index (χ0) is 21.5. The van der Waals surface area contributed by atoms with Gasteiger partial charge in [-0.1, -0.05) is 36.4 Å². The molecule has 1 atom stereocenters. The molecule has 1 aliphatic rings. The molecule has 1 aliphatic heterocycles. The van der Waals surface area contributed by atoms with Crippen LogP contribution in [0.2, 0.25) is 0 Å². The smallest absolute Gasteiger partial charge is 0.204 e. The fourth-order valence-electron chi connectivity index (χ4n) is 3.82. The van der Waals surface area contributed by atoms with Gasteiger partial charge >= 0.3 is 0 Å². The Balaban J connectivity index is 1.76. The monoisotopic (exact) mass is 442 g/mol. The minimum atomic E-state index is -2.94. The van der Waals surface area contributed by atoms with Crippen LogP contribution in [0.25, 0.3) is 17.1 Å². The van der Waals surface area contributed by atoms with Crippen LogP contribution < -0.4 is 0 Å². The van der Waals surface area contributed by atoms with Gasteiger partial charge in [-0.2, -0.15) is 0 Å². The summed E-state index contributed by atoms with van der Waals surface area (Å²) in [5, 5.41) is 4.84. The summed E-state index contributed by atoms with van der Waals surface area (Å²) in [5.74, 6) is 1.22. The zero-order valence-electron chi connectivity index (χ0n) is 17.4. The largest absolute Gasteiger partial charge is 0.283 e. The SMILES string of the molecule is Cc1ccc(-n2c(-c3ccccc3)nn(CN(C)[C@H]3CCS(=O)(=O)C3)c2=S)cc1C. The third-order valence-electron chi connectivity index (χ3n) is 5.81. The Hall–Kier alpha value is -2.29. The Morgan fingerprint density at radius 3 is 2.50 bits per heavy atom. The summed E-state index contributed by atoms with van der Waals surface area (Å²) < 4.78 is 28.1. The molecule has 0 amide bonds. The highest BCUT2D eigenvalue weighted by Crippen LogP contribution is 2.25. The second-order valence-corrected chi connectivity index (χ2v) is 10.6. The van der Waals surface area contributed by atoms with Crippen LogP contribution >= 0.6 is 12.2 Å². The standard InChI is InChI=1S/C22H26N4O2S2/c1-16-9-10-19(13-17(16)2)26-21(18-7-5-4-6-8-18)23-25(22(26)29)15-24(3)20-11-12-30(27,28)14-20/h4-10,13,20H,11-12,14-15H2,1-3H3/t20-/m0/s1. The van der Waals surface area contributed by atoms with Crippen LogP contribution in [0, 0.1) is 18.6 Å². The molecule has 0 N–H and O–H groups in total. The van der Waals surface area contributed by atoms with E-state index in [0.717, 1.165) is 17.1 Å². The van der Waals surface area contributed by atoms with Crippen molar-refractivity contribution in [1.82, 2.24) is 19.2 Å². The lowest BCUT2D eigenvalue weighted by Crippen LogP contribution is -2.34. The second-order valence-electron chi connectivity index (χ2n) is 8.03. The van der Waals surface area contributed by atoms with E-state index in [-0.39, 0.29) is 17.5 Å². The van der Waals surface area contributed by atoms with Crippen molar-refractivity contribution >= 4 is 22.1 Å². The summed E-state index contributed by atoms with van der Waals surface area (Å²) in [6, 6.07) is 16.2. The predicted molar refractivity (Wildman–Crippen MR) is 122 cm³/mol. The Morgan fingerprint density at radius 1 is 1.13 bits per heavy atom. The van der Waals surface area contributed by atoms with E-state index in [1.165, 1.54) is 11.1 Å². The van der Waals surface area contributed by atoms with Crippen LogP contribution in [0.5, 0.6) is 0 Å². The van der Waals surface area contributed by atoms with Crippen molar-refractivity contribution in [2.75, 3.05) is 18.6 Å². The molecule has 1 aromatic heterocycles. The van der Waals surface area contributed by atoms with Crippen molar-refractivity contribution in [3.63, 3.8) is 0 Å². The topological polar surface area (TPSA) is 60.1 Å². The van der Waals surface area contributed by atoms with Crippen molar-refractivity contribution in [3.05, 3.63) is 64.4 Å². The first-order valence-electron chi connectivity index (χ1n) is 9.99. The van der Waals surface area contributed by atoms with E-state index in [1.54, 1.807) is 4.68 Å². The molecule has 0 bridgehead atoms. The first kappa shape index (κ1) is 21.0. The van der Waals surface area contributed by atoms with Gasteiger partial charge in [-0.15, -0.1) is 5.10 Å². The quantitative estimate of drug-likeness (QED) is 0.563. The van der Waals surface area contributed by atoms with E-state index in [9.17, 15) is 8.42 Å². The molecule has 158 valence electrons. The van der Waals surface area contributed by atoms with Gasteiger partial charge in [-0.05, 0) is 62.8 Å². The number of benzene rings is 2. The van der Waals surface area contributed by atoms with Crippen LogP contribution in [0.1, 0.15) is 17.5 Å². The first-order chi connectivity index (χ1) is 14.2. The maximum absolute atomic E-state index is 11.9. The molecule has 1 fully saturated rings. The van der Waals surface area contributed by atoms with Crippen LogP contribution in [0.3, 0.4) is 0 Å². The summed E-state index contributed by atoms with van der Waals surface area (Å²) in [6.45, 7) is 4.62. The number of hydrogen-bond acceptors (Lipinski definition) is 5. The Morgan fingerprint density at radius 2 is 1.87 bits per heavy atom. The van der Waals surface area contributed by atoms with Gasteiger partial charge in [0.25, 0.3) is 0 Å². The highest BCUT2D eigenvalue weighted by atomic mass is 32.2. The number of aromatic nitrogens is 3. The van der Waals surface area contributed by atoms with E-state index in [4.69, 9.17) is 17.3 Å². The molecule has 0 unspecified atom stereocenters. The van der Waals surface area contributed by atoms with Gasteiger partial charge in [0.2, 0.25) is 4.77 Å². The Bertz CT molecular complexity index is 1230. The lowest BCUT2D eigenvalue weighted by Gasteiger charge is -2.22. The number of nitrogens with zero attached hydrogens (tertiary/aromatic N) is 4. The Kier molecular flexibility index (Phi) is 5.65. The molecule has 8 heteroatoms. The van der Waals surface area contributed by atoms with Crippen molar-refractivity contribution in [2.24, 2.45) is 0 Å². The van der Waals surface area contributed by atoms with E-state index in [1.807, 2.05) is 46.8 Å². The summed E-state index contributed by atoms with van der Waals surface area (Å²) >= 11 is 5.83. The van der Waals surface area contributed by atoms with Crippen molar-refractivity contribution in [2.45, 2.75) is 33.0 Å². The number of rotatable bonds is 5. The number of hydrogen-bond donors (Lipinski definition) is 0. The maximum Gasteiger partial charge on any atom is 0.204 e. The molecule has 0 radical (unpaired) electrons. The average Bonchev–Trinajstić information content (AvgIpc) is 3.24. The summed E-state index contributed by atoms with van der Waals surface area (Å²) in [4.78, 5) is 2.03. The molecule has 2 heterocycles. The van der Waals surface area contributed by atoms with Crippen LogP contribution in [-0.2, 0) is 16.5 Å². The fraction of sp³-hybridized carbons (Fsp3) is 0.364. The lowest BCUT2D eigenvalue weighted by atomic mass is 10.1. The van der Waals surface area contributed by atoms with Crippen molar-refractivity contribution in [1.29, 1.82) is 0 Å². The van der Waals surface area contributed by atoms with Gasteiger partial charge in [-0.25, -0.2) is 13.1 Å². The maximum atomic E-state index is 11.9. The molecular weight excluding hydrogens is 416 g/mol. The van der Waals surface area contributed by atoms with Gasteiger partial charge < -0.3 is 0 Å². The molecule has 4 rings (SSSR count). The minimum absolute atomic E-state index is 0.0103. The summed E-state index contributed by atoms with van der Waals surface area (Å²) in [7, 11) is -1.01. The Labute approximate surface area is 182 Å². The van der Waals surface area contributed by atoms with Crippen molar-refractivity contribution in [3.8, 4) is 17.1 Å².